The number of ether oxygens (including phenoxy) is 1. The number of nitrogens with one attached hydrogen (secondary N) is 1. The van der Waals surface area contributed by atoms with E-state index in [0.717, 1.165) is 5.69 Å². The van der Waals surface area contributed by atoms with Crippen LogP contribution in [0, 0.1) is 0 Å². The minimum absolute atomic E-state index is 0.385. The minimum atomic E-state index is -0.552. The number of aliphatic hydroxyl groups is 1. The molecule has 0 saturated heterocycles. The summed E-state index contributed by atoms with van der Waals surface area (Å²) in [5, 5.41) is 17.7. The first-order chi connectivity index (χ1) is 9.19. The smallest absolute Gasteiger partial charge is 0.142 e. The lowest BCUT2D eigenvalue weighted by molar-refractivity contribution is 0.161. The summed E-state index contributed by atoms with van der Waals surface area (Å²) >= 11 is 5.93. The number of aromatic nitrogens is 2. The van der Waals surface area contributed by atoms with Gasteiger partial charge in [0.1, 0.15) is 5.75 Å². The fraction of sp³-hybridized carbons (Fsp3) is 0.308. The molecule has 1 unspecified atom stereocenters. The fourth-order valence-electron chi connectivity index (χ4n) is 1.74. The number of nitrogens with zero attached hydrogens (tertiary/aromatic N) is 2. The second-order valence-corrected chi connectivity index (χ2v) is 4.54. The number of methoxy groups -OCH3 is 1. The van der Waals surface area contributed by atoms with Gasteiger partial charge in [-0.15, -0.1) is 0 Å². The monoisotopic (exact) mass is 281 g/mol. The van der Waals surface area contributed by atoms with Crippen LogP contribution in [0.4, 0.5) is 5.69 Å². The van der Waals surface area contributed by atoms with Crippen LogP contribution in [0.25, 0.3) is 0 Å². The second kappa shape index (κ2) is 6.45. The molecular weight excluding hydrogens is 266 g/mol. The van der Waals surface area contributed by atoms with E-state index in [1.807, 2.05) is 12.3 Å². The molecule has 19 heavy (non-hydrogen) atoms. The van der Waals surface area contributed by atoms with Gasteiger partial charge >= 0.3 is 0 Å². The first-order valence-corrected chi connectivity index (χ1v) is 6.29. The summed E-state index contributed by atoms with van der Waals surface area (Å²) in [7, 11) is 1.59. The SMILES string of the molecule is COc1ccc(Cl)cc1NCC(O)Cn1cccn1. The fourth-order valence-corrected chi connectivity index (χ4v) is 1.91. The topological polar surface area (TPSA) is 59.3 Å². The lowest BCUT2D eigenvalue weighted by Crippen LogP contribution is -2.25. The van der Waals surface area contributed by atoms with E-state index in [4.69, 9.17) is 16.3 Å². The van der Waals surface area contributed by atoms with Gasteiger partial charge in [0, 0.05) is 24.0 Å². The highest BCUT2D eigenvalue weighted by Crippen LogP contribution is 2.27. The van der Waals surface area contributed by atoms with Crippen molar-refractivity contribution in [3.8, 4) is 5.75 Å². The summed E-state index contributed by atoms with van der Waals surface area (Å²) in [6, 6.07) is 7.12. The van der Waals surface area contributed by atoms with Crippen molar-refractivity contribution in [1.82, 2.24) is 9.78 Å². The second-order valence-electron chi connectivity index (χ2n) is 4.11. The predicted molar refractivity (Wildman–Crippen MR) is 74.7 cm³/mol. The molecule has 0 radical (unpaired) electrons. The molecule has 2 aromatic rings. The number of anilines is 1. The zero-order valence-corrected chi connectivity index (χ0v) is 11.3. The Kier molecular flexibility index (Phi) is 4.65. The van der Waals surface area contributed by atoms with E-state index in [9.17, 15) is 5.11 Å². The maximum Gasteiger partial charge on any atom is 0.142 e. The standard InChI is InChI=1S/C13H16ClN3O2/c1-19-13-4-3-10(14)7-12(13)15-8-11(18)9-17-6-2-5-16-17/h2-7,11,15,18H,8-9H2,1H3. The van der Waals surface area contributed by atoms with Crippen LogP contribution >= 0.6 is 11.6 Å². The summed E-state index contributed by atoms with van der Waals surface area (Å²) < 4.78 is 6.90. The van der Waals surface area contributed by atoms with Gasteiger partial charge in [-0.05, 0) is 24.3 Å². The summed E-state index contributed by atoms with van der Waals surface area (Å²) in [4.78, 5) is 0. The Balaban J connectivity index is 1.92. The summed E-state index contributed by atoms with van der Waals surface area (Å²) in [6.45, 7) is 0.819. The molecule has 0 fully saturated rings. The molecule has 1 aromatic carbocycles. The maximum absolute atomic E-state index is 9.92. The first kappa shape index (κ1) is 13.7. The lowest BCUT2D eigenvalue weighted by Gasteiger charge is -2.15. The quantitative estimate of drug-likeness (QED) is 0.850. The number of aliphatic hydroxyl groups excluding tert-OH is 1. The number of hydrogen-bond donors (Lipinski definition) is 2. The van der Waals surface area contributed by atoms with Gasteiger partial charge in [-0.2, -0.15) is 5.10 Å². The molecule has 2 rings (SSSR count). The Bertz CT molecular complexity index is 517. The first-order valence-electron chi connectivity index (χ1n) is 5.92. The van der Waals surface area contributed by atoms with Crippen LogP contribution in [-0.2, 0) is 6.54 Å². The van der Waals surface area contributed by atoms with Crippen molar-refractivity contribution in [2.75, 3.05) is 19.0 Å². The van der Waals surface area contributed by atoms with Crippen LogP contribution in [-0.4, -0.2) is 34.6 Å². The molecule has 5 nitrogen and oxygen atoms in total. The molecule has 0 spiro atoms. The zero-order chi connectivity index (χ0) is 13.7. The molecule has 0 aliphatic rings. The summed E-state index contributed by atoms with van der Waals surface area (Å²) in [5.41, 5.74) is 0.759. The summed E-state index contributed by atoms with van der Waals surface area (Å²) in [5.74, 6) is 0.690. The van der Waals surface area contributed by atoms with E-state index in [-0.39, 0.29) is 0 Å². The molecule has 1 atom stereocenters. The van der Waals surface area contributed by atoms with Gasteiger partial charge in [-0.1, -0.05) is 11.6 Å². The molecule has 1 aromatic heterocycles. The van der Waals surface area contributed by atoms with Crippen LogP contribution in [0.2, 0.25) is 5.02 Å². The number of rotatable bonds is 6. The maximum atomic E-state index is 9.92. The van der Waals surface area contributed by atoms with Crippen LogP contribution in [0.1, 0.15) is 0 Å². The highest BCUT2D eigenvalue weighted by atomic mass is 35.5. The Morgan fingerprint density at radius 1 is 1.53 bits per heavy atom. The van der Waals surface area contributed by atoms with Crippen molar-refractivity contribution in [2.24, 2.45) is 0 Å². The van der Waals surface area contributed by atoms with E-state index < -0.39 is 6.10 Å². The third-order valence-corrected chi connectivity index (χ3v) is 2.88. The van der Waals surface area contributed by atoms with Crippen molar-refractivity contribution < 1.29 is 9.84 Å². The third kappa shape index (κ3) is 3.87. The Morgan fingerprint density at radius 2 is 2.37 bits per heavy atom. The number of hydrogen-bond acceptors (Lipinski definition) is 4. The number of benzene rings is 1. The Labute approximate surface area is 116 Å². The zero-order valence-electron chi connectivity index (χ0n) is 10.6. The summed E-state index contributed by atoms with van der Waals surface area (Å²) in [6.07, 6.45) is 2.94. The van der Waals surface area contributed by atoms with Crippen molar-refractivity contribution >= 4 is 17.3 Å². The molecule has 2 N–H and O–H groups in total. The van der Waals surface area contributed by atoms with Gasteiger partial charge in [-0.3, -0.25) is 4.68 Å². The molecule has 102 valence electrons. The van der Waals surface area contributed by atoms with Crippen molar-refractivity contribution in [3.05, 3.63) is 41.7 Å². The van der Waals surface area contributed by atoms with Crippen LogP contribution in [0.3, 0.4) is 0 Å². The molecule has 0 aliphatic heterocycles. The third-order valence-electron chi connectivity index (χ3n) is 2.65. The van der Waals surface area contributed by atoms with Crippen molar-refractivity contribution in [3.63, 3.8) is 0 Å². The average Bonchev–Trinajstić information content (AvgIpc) is 2.89. The average molecular weight is 282 g/mol. The number of halogens is 1. The van der Waals surface area contributed by atoms with Crippen molar-refractivity contribution in [1.29, 1.82) is 0 Å². The van der Waals surface area contributed by atoms with Gasteiger partial charge in [0.25, 0.3) is 0 Å². The highest BCUT2D eigenvalue weighted by Gasteiger charge is 2.08. The Hall–Kier alpha value is -1.72. The van der Waals surface area contributed by atoms with Crippen LogP contribution < -0.4 is 10.1 Å². The van der Waals surface area contributed by atoms with Crippen molar-refractivity contribution in [2.45, 2.75) is 12.6 Å². The molecule has 0 aliphatic carbocycles. The molecular formula is C13H16ClN3O2. The molecule has 0 saturated carbocycles. The van der Waals surface area contributed by atoms with Gasteiger partial charge in [0.15, 0.2) is 0 Å². The normalized spacial score (nSPS) is 12.2. The Morgan fingerprint density at radius 3 is 3.05 bits per heavy atom. The van der Waals surface area contributed by atoms with Gasteiger partial charge in [-0.25, -0.2) is 0 Å². The van der Waals surface area contributed by atoms with Gasteiger partial charge in [0.2, 0.25) is 0 Å². The largest absolute Gasteiger partial charge is 0.495 e. The van der Waals surface area contributed by atoms with Gasteiger partial charge in [0.05, 0.1) is 25.4 Å². The molecule has 1 heterocycles. The lowest BCUT2D eigenvalue weighted by atomic mass is 10.2. The van der Waals surface area contributed by atoms with E-state index >= 15 is 0 Å². The van der Waals surface area contributed by atoms with Gasteiger partial charge < -0.3 is 15.2 Å². The van der Waals surface area contributed by atoms with Crippen LogP contribution in [0.15, 0.2) is 36.7 Å². The van der Waals surface area contributed by atoms with E-state index in [1.165, 1.54) is 0 Å². The minimum Gasteiger partial charge on any atom is -0.495 e. The molecule has 6 heteroatoms. The molecule has 0 amide bonds. The highest BCUT2D eigenvalue weighted by molar-refractivity contribution is 6.30. The predicted octanol–water partition coefficient (Wildman–Crippen LogP) is 2.02. The van der Waals surface area contributed by atoms with Crippen LogP contribution in [0.5, 0.6) is 5.75 Å². The molecule has 0 bridgehead atoms. The van der Waals surface area contributed by atoms with E-state index in [1.54, 1.807) is 36.2 Å². The van der Waals surface area contributed by atoms with E-state index in [0.29, 0.717) is 23.9 Å². The van der Waals surface area contributed by atoms with E-state index in [2.05, 4.69) is 10.4 Å².